The molecule has 0 aliphatic heterocycles. The standard InChI is InChI=1S/C22H28ClFN2O5/c1-5-17(26-9-8-13-6-7-14(23)10-15(13)21(26)30)20(29)25-16(18(27)12-24)11-19(28)31-22(2,3)4/h6-10,16-18,27H,5,11-12H2,1-4H3,(H,25,29)/t16-,17?,18?/m0/s1. The molecule has 1 heterocycles. The highest BCUT2D eigenvalue weighted by Crippen LogP contribution is 2.19. The molecule has 0 aliphatic carbocycles. The minimum Gasteiger partial charge on any atom is -0.460 e. The quantitative estimate of drug-likeness (QED) is 0.597. The van der Waals surface area contributed by atoms with E-state index in [1.54, 1.807) is 45.9 Å². The first-order chi connectivity index (χ1) is 14.5. The van der Waals surface area contributed by atoms with Crippen molar-refractivity contribution in [2.45, 2.75) is 64.3 Å². The topological polar surface area (TPSA) is 97.6 Å². The lowest BCUT2D eigenvalue weighted by Crippen LogP contribution is -2.49. The van der Waals surface area contributed by atoms with Gasteiger partial charge in [-0.2, -0.15) is 0 Å². The number of aliphatic hydroxyl groups is 1. The summed E-state index contributed by atoms with van der Waals surface area (Å²) in [6, 6.07) is 4.46. The van der Waals surface area contributed by atoms with E-state index < -0.39 is 54.3 Å². The number of halogens is 2. The summed E-state index contributed by atoms with van der Waals surface area (Å²) in [5.41, 5.74) is -1.17. The number of rotatable bonds is 8. The Labute approximate surface area is 185 Å². The highest BCUT2D eigenvalue weighted by atomic mass is 35.5. The molecule has 170 valence electrons. The highest BCUT2D eigenvalue weighted by Gasteiger charge is 2.30. The molecule has 0 saturated heterocycles. The first-order valence-electron chi connectivity index (χ1n) is 10.0. The third-order valence-electron chi connectivity index (χ3n) is 4.68. The summed E-state index contributed by atoms with van der Waals surface area (Å²) in [6.45, 7) is 5.59. The van der Waals surface area contributed by atoms with Gasteiger partial charge < -0.3 is 19.7 Å². The molecule has 2 aromatic rings. The fraction of sp³-hybridized carbons (Fsp3) is 0.500. The molecule has 31 heavy (non-hydrogen) atoms. The number of aliphatic hydroxyl groups excluding tert-OH is 1. The van der Waals surface area contributed by atoms with Gasteiger partial charge in [0, 0.05) is 16.6 Å². The van der Waals surface area contributed by atoms with Crippen LogP contribution in [0, 0.1) is 0 Å². The molecule has 1 aromatic carbocycles. The molecule has 2 rings (SSSR count). The number of benzene rings is 1. The van der Waals surface area contributed by atoms with Gasteiger partial charge >= 0.3 is 5.97 Å². The molecule has 0 aliphatic rings. The van der Waals surface area contributed by atoms with E-state index in [2.05, 4.69) is 5.32 Å². The Kier molecular flexibility index (Phi) is 8.20. The molecule has 2 unspecified atom stereocenters. The number of pyridine rings is 1. The van der Waals surface area contributed by atoms with Crippen molar-refractivity contribution in [3.05, 3.63) is 45.8 Å². The van der Waals surface area contributed by atoms with Crippen molar-refractivity contribution < 1.29 is 23.8 Å². The molecule has 9 heteroatoms. The van der Waals surface area contributed by atoms with Gasteiger partial charge in [0.2, 0.25) is 5.91 Å². The summed E-state index contributed by atoms with van der Waals surface area (Å²) in [5, 5.41) is 13.9. The van der Waals surface area contributed by atoms with E-state index in [0.29, 0.717) is 15.8 Å². The number of aromatic nitrogens is 1. The van der Waals surface area contributed by atoms with Crippen LogP contribution in [0.3, 0.4) is 0 Å². The zero-order valence-electron chi connectivity index (χ0n) is 18.0. The number of amides is 1. The molecular weight excluding hydrogens is 427 g/mol. The van der Waals surface area contributed by atoms with E-state index in [-0.39, 0.29) is 6.42 Å². The summed E-state index contributed by atoms with van der Waals surface area (Å²) >= 11 is 6.00. The van der Waals surface area contributed by atoms with Crippen molar-refractivity contribution in [1.29, 1.82) is 0 Å². The zero-order chi connectivity index (χ0) is 23.3. The van der Waals surface area contributed by atoms with Crippen molar-refractivity contribution >= 4 is 34.2 Å². The van der Waals surface area contributed by atoms with Crippen LogP contribution in [-0.2, 0) is 14.3 Å². The van der Waals surface area contributed by atoms with Gasteiger partial charge in [0.1, 0.15) is 24.4 Å². The smallest absolute Gasteiger partial charge is 0.308 e. The predicted octanol–water partition coefficient (Wildman–Crippen LogP) is 3.15. The van der Waals surface area contributed by atoms with Gasteiger partial charge in [-0.05, 0) is 50.8 Å². The van der Waals surface area contributed by atoms with E-state index in [9.17, 15) is 23.9 Å². The summed E-state index contributed by atoms with van der Waals surface area (Å²) in [7, 11) is 0. The molecule has 0 saturated carbocycles. The maximum atomic E-state index is 13.1. The highest BCUT2D eigenvalue weighted by molar-refractivity contribution is 6.31. The molecule has 1 amide bonds. The predicted molar refractivity (Wildman–Crippen MR) is 117 cm³/mol. The van der Waals surface area contributed by atoms with Gasteiger partial charge in [0.25, 0.3) is 5.56 Å². The molecule has 1 aromatic heterocycles. The Morgan fingerprint density at radius 1 is 1.29 bits per heavy atom. The molecule has 0 radical (unpaired) electrons. The lowest BCUT2D eigenvalue weighted by atomic mass is 10.1. The van der Waals surface area contributed by atoms with Gasteiger partial charge in [0.05, 0.1) is 12.5 Å². The molecule has 0 fully saturated rings. The Hall–Kier alpha value is -2.45. The number of carbonyl (C=O) groups excluding carboxylic acids is 2. The van der Waals surface area contributed by atoms with Crippen LogP contribution in [0.5, 0.6) is 0 Å². The lowest BCUT2D eigenvalue weighted by Gasteiger charge is -2.27. The van der Waals surface area contributed by atoms with E-state index in [4.69, 9.17) is 16.3 Å². The minimum absolute atomic E-state index is 0.253. The molecule has 0 bridgehead atoms. The molecule has 0 spiro atoms. The van der Waals surface area contributed by atoms with Gasteiger partial charge in [-0.25, -0.2) is 4.39 Å². The van der Waals surface area contributed by atoms with Crippen LogP contribution in [-0.4, -0.2) is 46.0 Å². The summed E-state index contributed by atoms with van der Waals surface area (Å²) in [5.74, 6) is -1.30. The molecular formula is C22H28ClFN2O5. The maximum absolute atomic E-state index is 13.1. The Balaban J connectivity index is 2.29. The molecule has 3 atom stereocenters. The Bertz CT molecular complexity index is 1000. The summed E-state index contributed by atoms with van der Waals surface area (Å²) in [6.07, 6.45) is -0.253. The normalized spacial score (nSPS) is 14.7. The van der Waals surface area contributed by atoms with Crippen LogP contribution in [0.15, 0.2) is 35.3 Å². The number of esters is 1. The van der Waals surface area contributed by atoms with E-state index >= 15 is 0 Å². The monoisotopic (exact) mass is 454 g/mol. The van der Waals surface area contributed by atoms with Crippen LogP contribution in [0.25, 0.3) is 10.8 Å². The van der Waals surface area contributed by atoms with Crippen molar-refractivity contribution in [2.75, 3.05) is 6.67 Å². The van der Waals surface area contributed by atoms with Crippen molar-refractivity contribution in [1.82, 2.24) is 9.88 Å². The van der Waals surface area contributed by atoms with Crippen molar-refractivity contribution in [3.8, 4) is 0 Å². The Morgan fingerprint density at radius 3 is 2.55 bits per heavy atom. The Morgan fingerprint density at radius 2 is 1.97 bits per heavy atom. The second-order valence-corrected chi connectivity index (χ2v) is 8.75. The first kappa shape index (κ1) is 24.8. The van der Waals surface area contributed by atoms with Crippen LogP contribution >= 0.6 is 11.6 Å². The number of nitrogens with zero attached hydrogens (tertiary/aromatic N) is 1. The fourth-order valence-corrected chi connectivity index (χ4v) is 3.38. The van der Waals surface area contributed by atoms with Crippen LogP contribution in [0.4, 0.5) is 4.39 Å². The molecule has 2 N–H and O–H groups in total. The SMILES string of the molecule is CCC(C(=O)N[C@@H](CC(=O)OC(C)(C)C)C(O)CF)n1ccc2ccc(Cl)cc2c1=O. The van der Waals surface area contributed by atoms with Gasteiger partial charge in [-0.1, -0.05) is 24.6 Å². The average molecular weight is 455 g/mol. The van der Waals surface area contributed by atoms with Crippen LogP contribution in [0.1, 0.15) is 46.6 Å². The number of ether oxygens (including phenoxy) is 1. The van der Waals surface area contributed by atoms with Crippen LogP contribution < -0.4 is 10.9 Å². The average Bonchev–Trinajstić information content (AvgIpc) is 2.68. The fourth-order valence-electron chi connectivity index (χ4n) is 3.21. The second kappa shape index (κ2) is 10.2. The number of alkyl halides is 1. The van der Waals surface area contributed by atoms with Crippen LogP contribution in [0.2, 0.25) is 5.02 Å². The number of hydrogen-bond acceptors (Lipinski definition) is 5. The van der Waals surface area contributed by atoms with Gasteiger partial charge in [-0.15, -0.1) is 0 Å². The van der Waals surface area contributed by atoms with Gasteiger partial charge in [-0.3, -0.25) is 14.4 Å². The lowest BCUT2D eigenvalue weighted by molar-refractivity contribution is -0.156. The summed E-state index contributed by atoms with van der Waals surface area (Å²) < 4.78 is 19.6. The van der Waals surface area contributed by atoms with Crippen molar-refractivity contribution in [3.63, 3.8) is 0 Å². The maximum Gasteiger partial charge on any atom is 0.308 e. The van der Waals surface area contributed by atoms with E-state index in [1.165, 1.54) is 16.8 Å². The van der Waals surface area contributed by atoms with E-state index in [1.807, 2.05) is 0 Å². The number of nitrogens with one attached hydrogen (secondary N) is 1. The van der Waals surface area contributed by atoms with Gasteiger partial charge in [0.15, 0.2) is 0 Å². The number of fused-ring (bicyclic) bond motifs is 1. The zero-order valence-corrected chi connectivity index (χ0v) is 18.8. The second-order valence-electron chi connectivity index (χ2n) is 8.31. The van der Waals surface area contributed by atoms with Crippen molar-refractivity contribution in [2.24, 2.45) is 0 Å². The third kappa shape index (κ3) is 6.51. The summed E-state index contributed by atoms with van der Waals surface area (Å²) in [4.78, 5) is 38.0. The number of carbonyl (C=O) groups is 2. The third-order valence-corrected chi connectivity index (χ3v) is 4.91. The largest absolute Gasteiger partial charge is 0.460 e. The first-order valence-corrected chi connectivity index (χ1v) is 10.4. The van der Waals surface area contributed by atoms with E-state index in [0.717, 1.165) is 0 Å². The number of hydrogen-bond donors (Lipinski definition) is 2. The molecule has 7 nitrogen and oxygen atoms in total. The minimum atomic E-state index is -1.60.